The molecule has 4 saturated carbocycles. The van der Waals surface area contributed by atoms with Crippen LogP contribution in [-0.2, 0) is 9.59 Å². The van der Waals surface area contributed by atoms with Gasteiger partial charge in [0, 0.05) is 24.3 Å². The molecule has 0 aromatic rings. The van der Waals surface area contributed by atoms with Gasteiger partial charge in [0.05, 0.1) is 0 Å². The molecule has 4 bridgehead atoms. The highest BCUT2D eigenvalue weighted by atomic mass is 16.2. The van der Waals surface area contributed by atoms with Crippen molar-refractivity contribution < 1.29 is 9.59 Å². The maximum Gasteiger partial charge on any atom is 0.240 e. The van der Waals surface area contributed by atoms with Crippen molar-refractivity contribution in [3.8, 4) is 0 Å². The van der Waals surface area contributed by atoms with Gasteiger partial charge in [0.2, 0.25) is 11.8 Å². The van der Waals surface area contributed by atoms with Crippen LogP contribution >= 0.6 is 0 Å². The number of hydrogen-bond donors (Lipinski definition) is 2. The number of hydrazone groups is 2. The van der Waals surface area contributed by atoms with Crippen molar-refractivity contribution in [3.63, 3.8) is 0 Å². The van der Waals surface area contributed by atoms with Crippen molar-refractivity contribution in [1.82, 2.24) is 10.9 Å². The van der Waals surface area contributed by atoms with Crippen LogP contribution in [-0.4, -0.2) is 23.2 Å². The number of fused-ring (bicyclic) bond motifs is 4. The zero-order valence-corrected chi connectivity index (χ0v) is 14.1. The molecule has 2 N–H and O–H groups in total. The largest absolute Gasteiger partial charge is 0.273 e. The predicted molar refractivity (Wildman–Crippen MR) is 91.3 cm³/mol. The van der Waals surface area contributed by atoms with Crippen LogP contribution in [0.2, 0.25) is 0 Å². The first-order valence-electron chi connectivity index (χ1n) is 9.38. The average Bonchev–Trinajstić information content (AvgIpc) is 3.36. The van der Waals surface area contributed by atoms with Crippen LogP contribution in [0.5, 0.6) is 0 Å². The highest BCUT2D eigenvalue weighted by molar-refractivity contribution is 5.92. The van der Waals surface area contributed by atoms with Crippen molar-refractivity contribution in [3.05, 3.63) is 0 Å². The molecule has 4 aliphatic rings. The van der Waals surface area contributed by atoms with E-state index in [-0.39, 0.29) is 24.7 Å². The molecule has 0 saturated heterocycles. The van der Waals surface area contributed by atoms with Gasteiger partial charge in [-0.1, -0.05) is 0 Å². The van der Waals surface area contributed by atoms with Crippen LogP contribution in [0, 0.1) is 23.7 Å². The molecule has 6 heteroatoms. The fourth-order valence-electron chi connectivity index (χ4n) is 4.93. The smallest absolute Gasteiger partial charge is 0.240 e. The van der Waals surface area contributed by atoms with E-state index in [9.17, 15) is 9.59 Å². The van der Waals surface area contributed by atoms with E-state index < -0.39 is 0 Å². The number of carbonyl (C=O) groups is 2. The van der Waals surface area contributed by atoms with Crippen LogP contribution in [0.4, 0.5) is 0 Å². The van der Waals surface area contributed by atoms with Gasteiger partial charge in [-0.15, -0.1) is 0 Å². The Kier molecular flexibility index (Phi) is 4.37. The zero-order chi connectivity index (χ0) is 16.5. The summed E-state index contributed by atoms with van der Waals surface area (Å²) in [7, 11) is 0. The van der Waals surface area contributed by atoms with Crippen molar-refractivity contribution in [2.24, 2.45) is 33.9 Å². The Labute approximate surface area is 142 Å². The molecule has 4 aliphatic carbocycles. The summed E-state index contributed by atoms with van der Waals surface area (Å²) in [4.78, 5) is 23.7. The van der Waals surface area contributed by atoms with Crippen molar-refractivity contribution in [1.29, 1.82) is 0 Å². The quantitative estimate of drug-likeness (QED) is 0.759. The summed E-state index contributed by atoms with van der Waals surface area (Å²) >= 11 is 0. The van der Waals surface area contributed by atoms with Gasteiger partial charge in [-0.05, 0) is 75.0 Å². The number of carbonyl (C=O) groups excluding carboxylic acids is 2. The maximum absolute atomic E-state index is 11.8. The van der Waals surface area contributed by atoms with Crippen LogP contribution in [0.25, 0.3) is 0 Å². The first-order chi connectivity index (χ1) is 11.7. The number of hydrogen-bond acceptors (Lipinski definition) is 4. The standard InChI is InChI=1S/C18H26N4O2/c23-17(21-19-15-9-11-1-3-13(15)7-11)5-6-18(24)22-20-16-10-12-2-4-14(16)8-12/h11-14H,1-10H2,(H,21,23)(H,22,24)/b19-15-,20-16-/t11-,12-,13-,14-/m1/s1. The molecule has 4 rings (SSSR count). The highest BCUT2D eigenvalue weighted by Crippen LogP contribution is 2.43. The van der Waals surface area contributed by atoms with E-state index in [4.69, 9.17) is 0 Å². The van der Waals surface area contributed by atoms with Crippen molar-refractivity contribution >= 4 is 23.2 Å². The summed E-state index contributed by atoms with van der Waals surface area (Å²) in [6.07, 6.45) is 9.90. The molecular weight excluding hydrogens is 304 g/mol. The number of rotatable bonds is 5. The molecule has 0 unspecified atom stereocenters. The van der Waals surface area contributed by atoms with Crippen LogP contribution < -0.4 is 10.9 Å². The molecule has 2 amide bonds. The minimum atomic E-state index is -0.187. The highest BCUT2D eigenvalue weighted by Gasteiger charge is 2.37. The van der Waals surface area contributed by atoms with Gasteiger partial charge in [0.15, 0.2) is 0 Å². The summed E-state index contributed by atoms with van der Waals surface area (Å²) in [5, 5.41) is 8.55. The zero-order valence-electron chi connectivity index (χ0n) is 14.1. The average molecular weight is 330 g/mol. The Morgan fingerprint density at radius 1 is 0.792 bits per heavy atom. The molecule has 6 nitrogen and oxygen atoms in total. The molecule has 24 heavy (non-hydrogen) atoms. The fourth-order valence-corrected chi connectivity index (χ4v) is 4.93. The Bertz CT molecular complexity index is 546. The Balaban J connectivity index is 1.17. The summed E-state index contributed by atoms with van der Waals surface area (Å²) in [6.45, 7) is 0. The first-order valence-corrected chi connectivity index (χ1v) is 9.38. The summed E-state index contributed by atoms with van der Waals surface area (Å²) in [5.74, 6) is 2.34. The normalized spacial score (nSPS) is 36.7. The van der Waals surface area contributed by atoms with E-state index in [1.807, 2.05) is 0 Å². The van der Waals surface area contributed by atoms with E-state index in [1.54, 1.807) is 0 Å². The van der Waals surface area contributed by atoms with Crippen LogP contribution in [0.1, 0.15) is 64.2 Å². The van der Waals surface area contributed by atoms with E-state index in [0.717, 1.165) is 36.1 Å². The predicted octanol–water partition coefficient (Wildman–Crippen LogP) is 2.35. The van der Waals surface area contributed by atoms with Crippen LogP contribution in [0.3, 0.4) is 0 Å². The first kappa shape index (κ1) is 15.8. The third-order valence-electron chi connectivity index (χ3n) is 6.25. The fraction of sp³-hybridized carbons (Fsp3) is 0.778. The third kappa shape index (κ3) is 3.37. The molecule has 0 heterocycles. The second-order valence-corrected chi connectivity index (χ2v) is 7.94. The van der Waals surface area contributed by atoms with Gasteiger partial charge in [-0.25, -0.2) is 10.9 Å². The van der Waals surface area contributed by atoms with Gasteiger partial charge in [-0.2, -0.15) is 10.2 Å². The van der Waals surface area contributed by atoms with Gasteiger partial charge < -0.3 is 0 Å². The van der Waals surface area contributed by atoms with Crippen LogP contribution in [0.15, 0.2) is 10.2 Å². The lowest BCUT2D eigenvalue weighted by Gasteiger charge is -2.12. The van der Waals surface area contributed by atoms with E-state index in [2.05, 4.69) is 21.1 Å². The second-order valence-electron chi connectivity index (χ2n) is 7.94. The van der Waals surface area contributed by atoms with Crippen molar-refractivity contribution in [2.45, 2.75) is 64.2 Å². The lowest BCUT2D eigenvalue weighted by Crippen LogP contribution is -2.25. The molecular formula is C18H26N4O2. The minimum Gasteiger partial charge on any atom is -0.273 e. The van der Waals surface area contributed by atoms with Gasteiger partial charge >= 0.3 is 0 Å². The summed E-state index contributed by atoms with van der Waals surface area (Å²) < 4.78 is 0. The van der Waals surface area contributed by atoms with Gasteiger partial charge in [0.25, 0.3) is 0 Å². The molecule has 130 valence electrons. The molecule has 4 fully saturated rings. The van der Waals surface area contributed by atoms with Gasteiger partial charge in [-0.3, -0.25) is 9.59 Å². The summed E-state index contributed by atoms with van der Waals surface area (Å²) in [5.41, 5.74) is 7.52. The monoisotopic (exact) mass is 330 g/mol. The van der Waals surface area contributed by atoms with Crippen molar-refractivity contribution in [2.75, 3.05) is 0 Å². The minimum absolute atomic E-state index is 0.160. The number of amides is 2. The molecule has 0 aromatic heterocycles. The van der Waals surface area contributed by atoms with E-state index in [1.165, 1.54) is 38.5 Å². The third-order valence-corrected chi connectivity index (χ3v) is 6.25. The Morgan fingerprint density at radius 3 is 1.58 bits per heavy atom. The van der Waals surface area contributed by atoms with E-state index in [0.29, 0.717) is 11.8 Å². The Hall–Kier alpha value is -1.72. The second kappa shape index (κ2) is 6.65. The molecule has 0 radical (unpaired) electrons. The summed E-state index contributed by atoms with van der Waals surface area (Å²) in [6, 6.07) is 0. The SMILES string of the molecule is O=C(CCC(=O)N/N=C1/C[C@@H]2CC[C@@H]1C2)N/N=C1/C[C@@H]2CC[C@@H]1C2. The molecule has 0 aliphatic heterocycles. The molecule has 4 atom stereocenters. The lowest BCUT2D eigenvalue weighted by molar-refractivity contribution is -0.126. The molecule has 0 spiro atoms. The van der Waals surface area contributed by atoms with E-state index >= 15 is 0 Å². The number of nitrogens with zero attached hydrogens (tertiary/aromatic N) is 2. The lowest BCUT2D eigenvalue weighted by atomic mass is 9.99. The molecule has 0 aromatic carbocycles. The topological polar surface area (TPSA) is 82.9 Å². The van der Waals surface area contributed by atoms with Gasteiger partial charge in [0.1, 0.15) is 0 Å². The Morgan fingerprint density at radius 2 is 1.25 bits per heavy atom. The maximum atomic E-state index is 11.8. The number of nitrogens with one attached hydrogen (secondary N) is 2.